The third kappa shape index (κ3) is 2.96. The Balaban J connectivity index is 2.13. The number of carbonyl (C=O) groups excluding carboxylic acids is 1. The highest BCUT2D eigenvalue weighted by Gasteiger charge is 2.39. The van der Waals surface area contributed by atoms with E-state index in [2.05, 4.69) is 13.8 Å². The van der Waals surface area contributed by atoms with E-state index in [1.807, 2.05) is 28.8 Å². The molecule has 4 unspecified atom stereocenters. The zero-order valence-corrected chi connectivity index (χ0v) is 12.2. The van der Waals surface area contributed by atoms with Crippen molar-refractivity contribution in [3.8, 4) is 0 Å². The fraction of sp³-hybridized carbons (Fsp3) is 0.714. The number of nitrogens with zero attached hydrogens (tertiary/aromatic N) is 1. The van der Waals surface area contributed by atoms with Crippen LogP contribution in [-0.4, -0.2) is 45.5 Å². The number of amides is 1. The third-order valence-electron chi connectivity index (χ3n) is 4.23. The molecule has 0 aromatic rings. The summed E-state index contributed by atoms with van der Waals surface area (Å²) in [6.07, 6.45) is 4.84. The molecule has 4 atom stereocenters. The fourth-order valence-corrected chi connectivity index (χ4v) is 3.92. The van der Waals surface area contributed by atoms with E-state index in [1.54, 1.807) is 0 Å². The van der Waals surface area contributed by atoms with Crippen LogP contribution in [0.1, 0.15) is 26.7 Å². The predicted octanol–water partition coefficient (Wildman–Crippen LogP) is 2.01. The van der Waals surface area contributed by atoms with Crippen molar-refractivity contribution in [2.24, 2.45) is 11.8 Å². The zero-order chi connectivity index (χ0) is 14.0. The highest BCUT2D eigenvalue weighted by Crippen LogP contribution is 2.31. The Morgan fingerprint density at radius 1 is 1.21 bits per heavy atom. The van der Waals surface area contributed by atoms with Gasteiger partial charge in [0.2, 0.25) is 5.91 Å². The third-order valence-corrected chi connectivity index (χ3v) is 5.57. The Bertz CT molecular complexity index is 396. The number of allylic oxidation sites excluding steroid dienone is 2. The Kier molecular flexibility index (Phi) is 4.55. The summed E-state index contributed by atoms with van der Waals surface area (Å²) in [6.45, 7) is 4.93. The van der Waals surface area contributed by atoms with Crippen LogP contribution in [-0.2, 0) is 9.59 Å². The summed E-state index contributed by atoms with van der Waals surface area (Å²) in [6, 6.07) is 0.187. The summed E-state index contributed by atoms with van der Waals surface area (Å²) < 4.78 is 0. The summed E-state index contributed by atoms with van der Waals surface area (Å²) in [5.74, 6) is -0.835. The van der Waals surface area contributed by atoms with E-state index in [1.165, 1.54) is 0 Å². The lowest BCUT2D eigenvalue weighted by Gasteiger charge is -2.40. The molecule has 0 aromatic heterocycles. The minimum absolute atomic E-state index is 0.0244. The van der Waals surface area contributed by atoms with E-state index >= 15 is 0 Å². The van der Waals surface area contributed by atoms with Gasteiger partial charge in [-0.15, -0.1) is 0 Å². The van der Waals surface area contributed by atoms with Crippen LogP contribution < -0.4 is 0 Å². The molecular formula is C14H21NO3S. The van der Waals surface area contributed by atoms with Gasteiger partial charge < -0.3 is 10.0 Å². The Morgan fingerprint density at radius 2 is 1.84 bits per heavy atom. The summed E-state index contributed by atoms with van der Waals surface area (Å²) >= 11 is 1.88. The van der Waals surface area contributed by atoms with Crippen molar-refractivity contribution in [2.45, 2.75) is 38.0 Å². The monoisotopic (exact) mass is 283 g/mol. The molecule has 5 heteroatoms. The molecule has 1 amide bonds. The molecule has 0 spiro atoms. The Labute approximate surface area is 118 Å². The molecule has 4 nitrogen and oxygen atoms in total. The maximum Gasteiger partial charge on any atom is 0.307 e. The van der Waals surface area contributed by atoms with Crippen LogP contribution in [0.15, 0.2) is 12.2 Å². The normalized spacial score (nSPS) is 35.2. The quantitative estimate of drug-likeness (QED) is 0.788. The number of carboxylic acids is 1. The fourth-order valence-electron chi connectivity index (χ4n) is 2.82. The molecule has 19 heavy (non-hydrogen) atoms. The van der Waals surface area contributed by atoms with Crippen LogP contribution in [0.5, 0.6) is 0 Å². The van der Waals surface area contributed by atoms with Crippen molar-refractivity contribution in [3.63, 3.8) is 0 Å². The van der Waals surface area contributed by atoms with Gasteiger partial charge in [-0.3, -0.25) is 9.59 Å². The van der Waals surface area contributed by atoms with Gasteiger partial charge in [0.1, 0.15) is 0 Å². The first-order valence-electron chi connectivity index (χ1n) is 6.82. The van der Waals surface area contributed by atoms with Gasteiger partial charge in [-0.25, -0.2) is 0 Å². The topological polar surface area (TPSA) is 57.6 Å². The molecule has 0 saturated carbocycles. The van der Waals surface area contributed by atoms with Gasteiger partial charge in [0, 0.05) is 23.6 Å². The Hall–Kier alpha value is -0.970. The van der Waals surface area contributed by atoms with Crippen molar-refractivity contribution in [2.75, 3.05) is 12.3 Å². The molecule has 0 radical (unpaired) electrons. The predicted molar refractivity (Wildman–Crippen MR) is 76.1 cm³/mol. The molecule has 0 bridgehead atoms. The lowest BCUT2D eigenvalue weighted by molar-refractivity contribution is -0.151. The first kappa shape index (κ1) is 14.4. The lowest BCUT2D eigenvalue weighted by Crippen LogP contribution is -2.52. The van der Waals surface area contributed by atoms with Crippen molar-refractivity contribution < 1.29 is 14.7 Å². The van der Waals surface area contributed by atoms with Crippen LogP contribution in [0, 0.1) is 11.8 Å². The van der Waals surface area contributed by atoms with Crippen LogP contribution in [0.25, 0.3) is 0 Å². The maximum atomic E-state index is 12.6. The van der Waals surface area contributed by atoms with Crippen molar-refractivity contribution in [1.29, 1.82) is 0 Å². The molecule has 1 N–H and O–H groups in total. The van der Waals surface area contributed by atoms with Crippen LogP contribution in [0.3, 0.4) is 0 Å². The van der Waals surface area contributed by atoms with Crippen molar-refractivity contribution in [1.82, 2.24) is 4.90 Å². The largest absolute Gasteiger partial charge is 0.481 e. The van der Waals surface area contributed by atoms with Crippen LogP contribution in [0.2, 0.25) is 0 Å². The second-order valence-corrected chi connectivity index (χ2v) is 6.83. The average Bonchev–Trinajstić information content (AvgIpc) is 2.41. The number of rotatable bonds is 2. The van der Waals surface area contributed by atoms with E-state index in [0.717, 1.165) is 12.3 Å². The molecule has 2 rings (SSSR count). The van der Waals surface area contributed by atoms with Gasteiger partial charge in [-0.05, 0) is 19.8 Å². The van der Waals surface area contributed by atoms with Gasteiger partial charge >= 0.3 is 5.97 Å². The summed E-state index contributed by atoms with van der Waals surface area (Å²) in [4.78, 5) is 25.8. The molecule has 1 heterocycles. The van der Waals surface area contributed by atoms with Crippen LogP contribution in [0.4, 0.5) is 0 Å². The van der Waals surface area contributed by atoms with Crippen LogP contribution >= 0.6 is 11.8 Å². The second kappa shape index (κ2) is 5.99. The second-order valence-electron chi connectivity index (χ2n) is 5.34. The lowest BCUT2D eigenvalue weighted by atomic mass is 9.82. The van der Waals surface area contributed by atoms with Gasteiger partial charge in [0.05, 0.1) is 11.8 Å². The highest BCUT2D eigenvalue weighted by atomic mass is 32.2. The van der Waals surface area contributed by atoms with E-state index in [0.29, 0.717) is 18.1 Å². The average molecular weight is 283 g/mol. The number of carboxylic acid groups (broad SMARTS) is 1. The number of hydrogen-bond donors (Lipinski definition) is 1. The standard InChI is InChI=1S/C14H21NO3S/c1-9-10(2)19-8-7-15(9)13(16)11-5-3-4-6-12(11)14(17)18/h3-4,9-12H,5-8H2,1-2H3,(H,17,18). The number of carbonyl (C=O) groups is 2. The van der Waals surface area contributed by atoms with E-state index in [9.17, 15) is 14.7 Å². The smallest absolute Gasteiger partial charge is 0.307 e. The zero-order valence-electron chi connectivity index (χ0n) is 11.4. The highest BCUT2D eigenvalue weighted by molar-refractivity contribution is 8.00. The van der Waals surface area contributed by atoms with E-state index in [-0.39, 0.29) is 17.9 Å². The first-order valence-corrected chi connectivity index (χ1v) is 7.87. The minimum atomic E-state index is -0.852. The van der Waals surface area contributed by atoms with Gasteiger partial charge in [0.25, 0.3) is 0 Å². The summed E-state index contributed by atoms with van der Waals surface area (Å²) in [7, 11) is 0. The minimum Gasteiger partial charge on any atom is -0.481 e. The molecule has 0 aromatic carbocycles. The van der Waals surface area contributed by atoms with Crippen molar-refractivity contribution >= 4 is 23.6 Å². The van der Waals surface area contributed by atoms with Gasteiger partial charge in [-0.2, -0.15) is 11.8 Å². The van der Waals surface area contributed by atoms with E-state index in [4.69, 9.17) is 0 Å². The summed E-state index contributed by atoms with van der Waals surface area (Å²) in [5, 5.41) is 9.68. The molecule has 1 aliphatic carbocycles. The maximum absolute atomic E-state index is 12.6. The molecular weight excluding hydrogens is 262 g/mol. The molecule has 1 fully saturated rings. The van der Waals surface area contributed by atoms with Gasteiger partial charge in [0.15, 0.2) is 0 Å². The number of aliphatic carboxylic acids is 1. The molecule has 2 aliphatic rings. The number of hydrogen-bond acceptors (Lipinski definition) is 3. The molecule has 106 valence electrons. The van der Waals surface area contributed by atoms with Crippen molar-refractivity contribution in [3.05, 3.63) is 12.2 Å². The Morgan fingerprint density at radius 3 is 2.47 bits per heavy atom. The van der Waals surface area contributed by atoms with Gasteiger partial charge in [-0.1, -0.05) is 19.1 Å². The first-order chi connectivity index (χ1) is 9.02. The number of thioether (sulfide) groups is 1. The molecule has 1 saturated heterocycles. The summed E-state index contributed by atoms with van der Waals surface area (Å²) in [5.41, 5.74) is 0. The SMILES string of the molecule is CC1SCCN(C(=O)C2CC=CCC2C(=O)O)C1C. The molecule has 1 aliphatic heterocycles. The van der Waals surface area contributed by atoms with E-state index < -0.39 is 11.9 Å².